The summed E-state index contributed by atoms with van der Waals surface area (Å²) in [4.78, 5) is 0. The monoisotopic (exact) mass is 203 g/mol. The fourth-order valence-electron chi connectivity index (χ4n) is 1.39. The number of hydrogen-bond acceptors (Lipinski definition) is 2. The molecule has 0 saturated carbocycles. The molecule has 0 heterocycles. The molecule has 0 aliphatic rings. The quantitative estimate of drug-likeness (QED) is 0.586. The van der Waals surface area contributed by atoms with Gasteiger partial charge in [-0.1, -0.05) is 12.1 Å². The van der Waals surface area contributed by atoms with E-state index in [1.165, 1.54) is 5.56 Å². The van der Waals surface area contributed by atoms with Crippen molar-refractivity contribution in [1.29, 1.82) is 0 Å². The zero-order valence-electron chi connectivity index (χ0n) is 9.29. The molecular weight excluding hydrogens is 186 g/mol. The number of methoxy groups -OCH3 is 1. The van der Waals surface area contributed by atoms with Gasteiger partial charge in [0.25, 0.3) is 0 Å². The van der Waals surface area contributed by atoms with Crippen LogP contribution in [0.2, 0.25) is 0 Å². The van der Waals surface area contributed by atoms with Crippen molar-refractivity contribution in [3.63, 3.8) is 0 Å². The van der Waals surface area contributed by atoms with Gasteiger partial charge in [-0.25, -0.2) is 0 Å². The first-order valence-corrected chi connectivity index (χ1v) is 5.08. The molecule has 0 aliphatic heterocycles. The molecule has 2 nitrogen and oxygen atoms in total. The summed E-state index contributed by atoms with van der Waals surface area (Å²) in [7, 11) is 1.68. The van der Waals surface area contributed by atoms with Gasteiger partial charge >= 0.3 is 0 Å². The minimum Gasteiger partial charge on any atom is -0.497 e. The van der Waals surface area contributed by atoms with Crippen LogP contribution in [0.5, 0.6) is 5.75 Å². The van der Waals surface area contributed by atoms with Crippen LogP contribution in [0.3, 0.4) is 0 Å². The molecule has 1 atom stereocenters. The van der Waals surface area contributed by atoms with Crippen LogP contribution in [-0.4, -0.2) is 13.7 Å². The molecule has 1 aromatic rings. The van der Waals surface area contributed by atoms with Gasteiger partial charge in [0.2, 0.25) is 0 Å². The molecule has 0 bridgehead atoms. The first-order valence-electron chi connectivity index (χ1n) is 5.08. The fraction of sp³-hybridized carbons (Fsp3) is 0.385. The van der Waals surface area contributed by atoms with Crippen LogP contribution in [0.15, 0.2) is 24.3 Å². The predicted molar refractivity (Wildman–Crippen MR) is 62.9 cm³/mol. The van der Waals surface area contributed by atoms with Gasteiger partial charge in [0.05, 0.1) is 7.11 Å². The highest BCUT2D eigenvalue weighted by atomic mass is 16.5. The van der Waals surface area contributed by atoms with Crippen molar-refractivity contribution in [2.45, 2.75) is 19.4 Å². The van der Waals surface area contributed by atoms with Crippen molar-refractivity contribution in [3.8, 4) is 18.1 Å². The Morgan fingerprint density at radius 1 is 1.53 bits per heavy atom. The van der Waals surface area contributed by atoms with Crippen molar-refractivity contribution in [2.24, 2.45) is 0 Å². The van der Waals surface area contributed by atoms with E-state index in [1.807, 2.05) is 18.2 Å². The summed E-state index contributed by atoms with van der Waals surface area (Å²) in [5.74, 6) is 3.50. The molecule has 1 rings (SSSR count). The van der Waals surface area contributed by atoms with Gasteiger partial charge in [-0.3, -0.25) is 0 Å². The Bertz CT molecular complexity index is 341. The van der Waals surface area contributed by atoms with Crippen LogP contribution in [0, 0.1) is 12.3 Å². The molecule has 15 heavy (non-hydrogen) atoms. The first kappa shape index (κ1) is 11.6. The highest BCUT2D eigenvalue weighted by Gasteiger charge is 2.04. The summed E-state index contributed by atoms with van der Waals surface area (Å²) in [5, 5.41) is 3.35. The Kier molecular flexibility index (Phi) is 4.73. The van der Waals surface area contributed by atoms with Crippen LogP contribution in [0.4, 0.5) is 0 Å². The van der Waals surface area contributed by atoms with Crippen LogP contribution >= 0.6 is 0 Å². The highest BCUT2D eigenvalue weighted by Crippen LogP contribution is 2.18. The van der Waals surface area contributed by atoms with E-state index >= 15 is 0 Å². The first-order chi connectivity index (χ1) is 7.27. The molecule has 0 fully saturated rings. The van der Waals surface area contributed by atoms with E-state index in [1.54, 1.807) is 7.11 Å². The second-order valence-corrected chi connectivity index (χ2v) is 3.41. The van der Waals surface area contributed by atoms with E-state index in [4.69, 9.17) is 11.2 Å². The summed E-state index contributed by atoms with van der Waals surface area (Å²) in [6.07, 6.45) is 5.95. The van der Waals surface area contributed by atoms with E-state index in [9.17, 15) is 0 Å². The minimum absolute atomic E-state index is 0.299. The average molecular weight is 203 g/mol. The molecule has 0 aliphatic carbocycles. The largest absolute Gasteiger partial charge is 0.497 e. The second kappa shape index (κ2) is 6.10. The number of nitrogens with one attached hydrogen (secondary N) is 1. The Morgan fingerprint density at radius 3 is 3.00 bits per heavy atom. The van der Waals surface area contributed by atoms with Crippen LogP contribution < -0.4 is 10.1 Å². The summed E-state index contributed by atoms with van der Waals surface area (Å²) >= 11 is 0. The molecule has 0 radical (unpaired) electrons. The molecule has 1 N–H and O–H groups in total. The lowest BCUT2D eigenvalue weighted by molar-refractivity contribution is 0.413. The molecule has 0 amide bonds. The van der Waals surface area contributed by atoms with E-state index in [2.05, 4.69) is 24.2 Å². The molecule has 1 aromatic carbocycles. The zero-order chi connectivity index (χ0) is 11.1. The minimum atomic E-state index is 0.299. The Morgan fingerprint density at radius 2 is 2.33 bits per heavy atom. The van der Waals surface area contributed by atoms with Crippen LogP contribution in [-0.2, 0) is 0 Å². The third kappa shape index (κ3) is 3.65. The number of rotatable bonds is 5. The third-order valence-electron chi connectivity index (χ3n) is 2.31. The van der Waals surface area contributed by atoms with Gasteiger partial charge < -0.3 is 10.1 Å². The maximum absolute atomic E-state index is 5.19. The van der Waals surface area contributed by atoms with E-state index in [-0.39, 0.29) is 0 Å². The number of terminal acetylenes is 1. The molecule has 0 unspecified atom stereocenters. The molecule has 0 spiro atoms. The summed E-state index contributed by atoms with van der Waals surface area (Å²) in [5.41, 5.74) is 1.21. The maximum Gasteiger partial charge on any atom is 0.119 e. The Balaban J connectivity index is 2.57. The van der Waals surface area contributed by atoms with Gasteiger partial charge in [0.15, 0.2) is 0 Å². The fourth-order valence-corrected chi connectivity index (χ4v) is 1.39. The average Bonchev–Trinajstić information content (AvgIpc) is 2.29. The molecule has 0 saturated heterocycles. The van der Waals surface area contributed by atoms with E-state index < -0.39 is 0 Å². The van der Waals surface area contributed by atoms with Crippen LogP contribution in [0.1, 0.15) is 24.9 Å². The summed E-state index contributed by atoms with van der Waals surface area (Å²) in [6, 6.07) is 8.35. The maximum atomic E-state index is 5.19. The highest BCUT2D eigenvalue weighted by molar-refractivity contribution is 5.30. The van der Waals surface area contributed by atoms with Gasteiger partial charge in [-0.05, 0) is 24.6 Å². The standard InChI is InChI=1S/C13H17NO/c1-4-5-9-14-11(2)12-7-6-8-13(10-12)15-3/h1,6-8,10-11,14H,5,9H2,2-3H3/t11-/m0/s1. The lowest BCUT2D eigenvalue weighted by Gasteiger charge is -2.14. The molecular formula is C13H17NO. The molecule has 0 aromatic heterocycles. The van der Waals surface area contributed by atoms with Crippen LogP contribution in [0.25, 0.3) is 0 Å². The smallest absolute Gasteiger partial charge is 0.119 e. The molecule has 80 valence electrons. The number of hydrogen-bond donors (Lipinski definition) is 1. The van der Waals surface area contributed by atoms with Gasteiger partial charge in [0, 0.05) is 19.0 Å². The summed E-state index contributed by atoms with van der Waals surface area (Å²) in [6.45, 7) is 2.96. The molecule has 2 heteroatoms. The lowest BCUT2D eigenvalue weighted by Crippen LogP contribution is -2.19. The second-order valence-electron chi connectivity index (χ2n) is 3.41. The van der Waals surface area contributed by atoms with E-state index in [0.717, 1.165) is 18.7 Å². The third-order valence-corrected chi connectivity index (χ3v) is 2.31. The van der Waals surface area contributed by atoms with E-state index in [0.29, 0.717) is 6.04 Å². The van der Waals surface area contributed by atoms with Crippen molar-refractivity contribution in [1.82, 2.24) is 5.32 Å². The Hall–Kier alpha value is -1.46. The van der Waals surface area contributed by atoms with Gasteiger partial charge in [-0.15, -0.1) is 12.3 Å². The predicted octanol–water partition coefficient (Wildman–Crippen LogP) is 2.37. The SMILES string of the molecule is C#CCCN[C@@H](C)c1cccc(OC)c1. The van der Waals surface area contributed by atoms with Crippen molar-refractivity contribution in [2.75, 3.05) is 13.7 Å². The number of ether oxygens (including phenoxy) is 1. The van der Waals surface area contributed by atoms with Gasteiger partial charge in [0.1, 0.15) is 5.75 Å². The van der Waals surface area contributed by atoms with Crippen molar-refractivity contribution in [3.05, 3.63) is 29.8 Å². The Labute approximate surface area is 91.6 Å². The van der Waals surface area contributed by atoms with Gasteiger partial charge in [-0.2, -0.15) is 0 Å². The van der Waals surface area contributed by atoms with Crippen molar-refractivity contribution >= 4 is 0 Å². The zero-order valence-corrected chi connectivity index (χ0v) is 9.29. The normalized spacial score (nSPS) is 11.8. The topological polar surface area (TPSA) is 21.3 Å². The van der Waals surface area contributed by atoms with Crippen molar-refractivity contribution < 1.29 is 4.74 Å². The number of benzene rings is 1. The summed E-state index contributed by atoms with van der Waals surface area (Å²) < 4.78 is 5.17. The lowest BCUT2D eigenvalue weighted by atomic mass is 10.1.